The van der Waals surface area contributed by atoms with Gasteiger partial charge in [-0.1, -0.05) is 19.2 Å². The molecule has 0 amide bonds. The molecule has 16 heavy (non-hydrogen) atoms. The summed E-state index contributed by atoms with van der Waals surface area (Å²) < 4.78 is 0. The minimum atomic E-state index is 0.897. The number of hydrogen-bond donors (Lipinski definition) is 1. The molecule has 1 fully saturated rings. The summed E-state index contributed by atoms with van der Waals surface area (Å²) in [5.74, 6) is 0. The van der Waals surface area contributed by atoms with Crippen LogP contribution in [0.3, 0.4) is 0 Å². The number of aromatic nitrogens is 1. The first-order chi connectivity index (χ1) is 7.85. The van der Waals surface area contributed by atoms with Gasteiger partial charge in [-0.2, -0.15) is 0 Å². The second-order valence-corrected chi connectivity index (χ2v) is 3.81. The number of nitrogens with one attached hydrogen (secondary N) is 1. The highest BCUT2D eigenvalue weighted by Crippen LogP contribution is 2.19. The molecule has 2 rings (SSSR count). The van der Waals surface area contributed by atoms with E-state index in [1.165, 1.54) is 5.69 Å². The van der Waals surface area contributed by atoms with E-state index in [4.69, 9.17) is 0 Å². The lowest BCUT2D eigenvalue weighted by molar-refractivity contribution is 0.588. The molecule has 1 aromatic heterocycles. The summed E-state index contributed by atoms with van der Waals surface area (Å²) in [4.78, 5) is 6.73. The number of rotatable bonds is 3. The normalized spacial score (nSPS) is 15.9. The summed E-state index contributed by atoms with van der Waals surface area (Å²) >= 11 is 0. The van der Waals surface area contributed by atoms with Gasteiger partial charge in [0.05, 0.1) is 17.6 Å². The average molecular weight is 215 g/mol. The van der Waals surface area contributed by atoms with Crippen molar-refractivity contribution in [1.29, 1.82) is 0 Å². The van der Waals surface area contributed by atoms with Crippen LogP contribution >= 0.6 is 0 Å². The van der Waals surface area contributed by atoms with Gasteiger partial charge in [0.25, 0.3) is 0 Å². The van der Waals surface area contributed by atoms with Crippen molar-refractivity contribution in [1.82, 2.24) is 10.3 Å². The van der Waals surface area contributed by atoms with Crippen molar-refractivity contribution in [3.8, 4) is 0 Å². The monoisotopic (exact) mass is 215 g/mol. The smallest absolute Gasteiger partial charge is 0.0697 e. The van der Waals surface area contributed by atoms with E-state index in [0.29, 0.717) is 0 Å². The maximum atomic E-state index is 4.39. The van der Waals surface area contributed by atoms with Crippen LogP contribution < -0.4 is 10.2 Å². The van der Waals surface area contributed by atoms with E-state index in [2.05, 4.69) is 34.4 Å². The molecule has 84 valence electrons. The predicted molar refractivity (Wildman–Crippen MR) is 69.5 cm³/mol. The Kier molecular flexibility index (Phi) is 3.37. The minimum absolute atomic E-state index is 0.897. The average Bonchev–Trinajstić information content (AvgIpc) is 2.39. The second kappa shape index (κ2) is 4.94. The van der Waals surface area contributed by atoms with Crippen molar-refractivity contribution < 1.29 is 0 Å². The Labute approximate surface area is 96.5 Å². The summed E-state index contributed by atoms with van der Waals surface area (Å²) in [6.45, 7) is 11.7. The van der Waals surface area contributed by atoms with E-state index in [1.54, 1.807) is 6.08 Å². The molecule has 1 aliphatic rings. The highest BCUT2D eigenvalue weighted by Gasteiger charge is 2.11. The van der Waals surface area contributed by atoms with Crippen LogP contribution in [-0.4, -0.2) is 31.2 Å². The second-order valence-electron chi connectivity index (χ2n) is 3.81. The highest BCUT2D eigenvalue weighted by atomic mass is 15.2. The van der Waals surface area contributed by atoms with Gasteiger partial charge in [0.2, 0.25) is 0 Å². The lowest BCUT2D eigenvalue weighted by Crippen LogP contribution is -2.43. The molecule has 0 spiro atoms. The minimum Gasteiger partial charge on any atom is -0.368 e. The Morgan fingerprint density at radius 2 is 2.00 bits per heavy atom. The Morgan fingerprint density at radius 1 is 1.25 bits per heavy atom. The van der Waals surface area contributed by atoms with E-state index in [9.17, 15) is 0 Å². The van der Waals surface area contributed by atoms with Gasteiger partial charge in [0.15, 0.2) is 0 Å². The first-order valence-corrected chi connectivity index (χ1v) is 5.55. The number of piperazine rings is 1. The highest BCUT2D eigenvalue weighted by molar-refractivity contribution is 5.65. The van der Waals surface area contributed by atoms with Crippen LogP contribution in [0.25, 0.3) is 12.2 Å². The van der Waals surface area contributed by atoms with Gasteiger partial charge in [0.1, 0.15) is 0 Å². The third-order valence-corrected chi connectivity index (χ3v) is 2.83. The molecule has 2 heterocycles. The largest absolute Gasteiger partial charge is 0.368 e. The molecular weight excluding hydrogens is 198 g/mol. The third kappa shape index (κ3) is 2.14. The molecule has 3 heteroatoms. The van der Waals surface area contributed by atoms with Crippen molar-refractivity contribution in [2.24, 2.45) is 0 Å². The topological polar surface area (TPSA) is 28.2 Å². The lowest BCUT2D eigenvalue weighted by Gasteiger charge is -2.29. The molecule has 1 aromatic rings. The van der Waals surface area contributed by atoms with Crippen molar-refractivity contribution in [3.05, 3.63) is 36.7 Å². The zero-order chi connectivity index (χ0) is 11.4. The van der Waals surface area contributed by atoms with Crippen molar-refractivity contribution in [3.63, 3.8) is 0 Å². The number of anilines is 1. The Morgan fingerprint density at radius 3 is 2.62 bits per heavy atom. The SMILES string of the molecule is C=Cc1cc(N2CCNCC2)cnc1C=C. The molecule has 0 atom stereocenters. The fourth-order valence-corrected chi connectivity index (χ4v) is 1.91. The quantitative estimate of drug-likeness (QED) is 0.833. The van der Waals surface area contributed by atoms with Crippen LogP contribution in [-0.2, 0) is 0 Å². The Hall–Kier alpha value is -1.61. The summed E-state index contributed by atoms with van der Waals surface area (Å²) in [6, 6.07) is 2.13. The zero-order valence-corrected chi connectivity index (χ0v) is 9.45. The maximum Gasteiger partial charge on any atom is 0.0697 e. The van der Waals surface area contributed by atoms with Gasteiger partial charge in [-0.25, -0.2) is 0 Å². The van der Waals surface area contributed by atoms with Crippen molar-refractivity contribution in [2.45, 2.75) is 0 Å². The summed E-state index contributed by atoms with van der Waals surface area (Å²) in [7, 11) is 0. The molecule has 0 saturated carbocycles. The van der Waals surface area contributed by atoms with Crippen molar-refractivity contribution >= 4 is 17.8 Å². The molecular formula is C13H17N3. The molecule has 3 nitrogen and oxygen atoms in total. The lowest BCUT2D eigenvalue weighted by atomic mass is 10.1. The van der Waals surface area contributed by atoms with Gasteiger partial charge in [0, 0.05) is 31.7 Å². The van der Waals surface area contributed by atoms with E-state index < -0.39 is 0 Å². The van der Waals surface area contributed by atoms with E-state index >= 15 is 0 Å². The van der Waals surface area contributed by atoms with Crippen LogP contribution in [0, 0.1) is 0 Å². The number of hydrogen-bond acceptors (Lipinski definition) is 3. The van der Waals surface area contributed by atoms with Crippen LogP contribution in [0.15, 0.2) is 25.4 Å². The summed E-state index contributed by atoms with van der Waals surface area (Å²) in [6.07, 6.45) is 5.50. The van der Waals surface area contributed by atoms with Crippen molar-refractivity contribution in [2.75, 3.05) is 31.1 Å². The van der Waals surface area contributed by atoms with Crippen LogP contribution in [0.5, 0.6) is 0 Å². The molecule has 1 aliphatic heterocycles. The maximum absolute atomic E-state index is 4.39. The van der Waals surface area contributed by atoms with Crippen LogP contribution in [0.2, 0.25) is 0 Å². The Balaban J connectivity index is 2.27. The van der Waals surface area contributed by atoms with Gasteiger partial charge >= 0.3 is 0 Å². The molecule has 0 radical (unpaired) electrons. The van der Waals surface area contributed by atoms with E-state index in [-0.39, 0.29) is 0 Å². The van der Waals surface area contributed by atoms with E-state index in [0.717, 1.165) is 37.4 Å². The van der Waals surface area contributed by atoms with Gasteiger partial charge in [-0.05, 0) is 12.1 Å². The Bertz CT molecular complexity index is 392. The van der Waals surface area contributed by atoms with Crippen LogP contribution in [0.1, 0.15) is 11.3 Å². The first kappa shape index (κ1) is 10.9. The zero-order valence-electron chi connectivity index (χ0n) is 9.45. The molecule has 1 N–H and O–H groups in total. The standard InChI is InChI=1S/C13H17N3/c1-3-11-9-12(10-15-13(11)4-2)16-7-5-14-6-8-16/h3-4,9-10,14H,1-2,5-8H2. The van der Waals surface area contributed by atoms with Gasteiger partial charge in [-0.3, -0.25) is 4.98 Å². The van der Waals surface area contributed by atoms with Crippen LogP contribution in [0.4, 0.5) is 5.69 Å². The number of pyridine rings is 1. The molecule has 0 bridgehead atoms. The molecule has 0 unspecified atom stereocenters. The first-order valence-electron chi connectivity index (χ1n) is 5.55. The fraction of sp³-hybridized carbons (Fsp3) is 0.308. The van der Waals surface area contributed by atoms with Gasteiger partial charge < -0.3 is 10.2 Å². The van der Waals surface area contributed by atoms with E-state index in [1.807, 2.05) is 12.3 Å². The van der Waals surface area contributed by atoms with Gasteiger partial charge in [-0.15, -0.1) is 0 Å². The summed E-state index contributed by atoms with van der Waals surface area (Å²) in [5, 5.41) is 3.34. The molecule has 0 aromatic carbocycles. The molecule has 0 aliphatic carbocycles. The molecule has 1 saturated heterocycles. The summed E-state index contributed by atoms with van der Waals surface area (Å²) in [5.41, 5.74) is 3.11. The number of nitrogens with zero attached hydrogens (tertiary/aromatic N) is 2. The third-order valence-electron chi connectivity index (χ3n) is 2.83. The fourth-order valence-electron chi connectivity index (χ4n) is 1.91. The predicted octanol–water partition coefficient (Wildman–Crippen LogP) is 1.78.